The number of rotatable bonds is 2. The van der Waals surface area contributed by atoms with Crippen molar-refractivity contribution >= 4 is 33.8 Å². The molecule has 0 radical (unpaired) electrons. The summed E-state index contributed by atoms with van der Waals surface area (Å²) >= 11 is -1.92. The number of hydrogen-bond acceptors (Lipinski definition) is 3. The summed E-state index contributed by atoms with van der Waals surface area (Å²) in [6.07, 6.45) is 0. The van der Waals surface area contributed by atoms with Crippen LogP contribution in [0.1, 0.15) is 19.4 Å². The zero-order valence-corrected chi connectivity index (χ0v) is 14.4. The van der Waals surface area contributed by atoms with Gasteiger partial charge in [-0.2, -0.15) is 0 Å². The molecule has 7 heteroatoms. The number of aliphatic imine (C=N–C) groups is 1. The van der Waals surface area contributed by atoms with Gasteiger partial charge in [0.1, 0.15) is 12.4 Å². The molecule has 3 nitrogen and oxygen atoms in total. The molecule has 1 N–H and O–H groups in total. The van der Waals surface area contributed by atoms with E-state index in [9.17, 15) is 5.11 Å². The van der Waals surface area contributed by atoms with Crippen LogP contribution in [0.4, 0.5) is 0 Å². The van der Waals surface area contributed by atoms with Gasteiger partial charge in [0.2, 0.25) is 5.90 Å². The van der Waals surface area contributed by atoms with Crippen LogP contribution >= 0.6 is 27.9 Å². The number of ether oxygens (including phenoxy) is 1. The van der Waals surface area contributed by atoms with Crippen molar-refractivity contribution in [3.63, 3.8) is 0 Å². The first-order valence-corrected chi connectivity index (χ1v) is 12.2. The average Bonchev–Trinajstić information content (AvgIpc) is 2.78. The van der Waals surface area contributed by atoms with Gasteiger partial charge in [-0.3, -0.25) is 0 Å². The van der Waals surface area contributed by atoms with E-state index >= 15 is 0 Å². The second kappa shape index (κ2) is 8.38. The van der Waals surface area contributed by atoms with Gasteiger partial charge in [0.15, 0.2) is 0 Å². The molecule has 105 valence electrons. The van der Waals surface area contributed by atoms with Crippen LogP contribution in [0.15, 0.2) is 29.3 Å². The fraction of sp³-hybridized carbons (Fsp3) is 0.417. The number of hydrogen-bond donors (Lipinski definition) is 1. The molecule has 1 aromatic rings. The summed E-state index contributed by atoms with van der Waals surface area (Å²) in [5.74, 6) is 1.25. The predicted octanol–water partition coefficient (Wildman–Crippen LogP) is 4.26. The third-order valence-electron chi connectivity index (χ3n) is 2.58. The van der Waals surface area contributed by atoms with E-state index < -0.39 is 14.7 Å². The molecule has 1 aliphatic rings. The Kier molecular flexibility index (Phi) is 7.55. The van der Waals surface area contributed by atoms with Gasteiger partial charge in [-0.15, -0.1) is 0 Å². The van der Waals surface area contributed by atoms with Crippen LogP contribution in [-0.2, 0) is 19.4 Å². The molecule has 1 atom stereocenters. The van der Waals surface area contributed by atoms with Crippen molar-refractivity contribution in [1.82, 2.24) is 0 Å². The van der Waals surface area contributed by atoms with Gasteiger partial charge in [0.25, 0.3) is 0 Å². The van der Waals surface area contributed by atoms with E-state index in [-0.39, 0.29) is 11.8 Å². The van der Waals surface area contributed by atoms with Crippen LogP contribution in [0.3, 0.4) is 0 Å². The minimum atomic E-state index is -1.92. The van der Waals surface area contributed by atoms with Crippen LogP contribution < -0.4 is 0 Å². The molecule has 0 amide bonds. The maximum absolute atomic E-state index is 9.63. The molecule has 1 aliphatic heterocycles. The standard InChI is InChI=1S/C12H15NO2.3ClH.Ti/c1-8(2)10-7-15-12(13-10)9-5-3-4-6-11(9)14;;;;/h3-6,8,10,14H,7H2,1-2H3;3*1H;/q;;;;+3/p-3/t10-;;;;/m1..../s1. The number of phenols is 1. The molecule has 0 saturated carbocycles. The Morgan fingerprint density at radius 1 is 1.32 bits per heavy atom. The van der Waals surface area contributed by atoms with E-state index in [0.717, 1.165) is 0 Å². The number of nitrogens with zero attached hydrogens (tertiary/aromatic N) is 1. The Labute approximate surface area is 131 Å². The molecular formula is C12H15Cl3NO2Ti. The van der Waals surface area contributed by atoms with Crippen molar-refractivity contribution < 1.29 is 24.5 Å². The average molecular weight is 359 g/mol. The first-order chi connectivity index (χ1) is 8.91. The van der Waals surface area contributed by atoms with Gasteiger partial charge in [0.05, 0.1) is 11.6 Å². The summed E-state index contributed by atoms with van der Waals surface area (Å²) in [4.78, 5) is 4.45. The Morgan fingerprint density at radius 2 is 1.89 bits per heavy atom. The fourth-order valence-electron chi connectivity index (χ4n) is 1.53. The summed E-state index contributed by atoms with van der Waals surface area (Å²) in [5, 5.41) is 9.63. The molecule has 0 fully saturated rings. The Balaban J connectivity index is 0.000000399. The fourth-order valence-corrected chi connectivity index (χ4v) is 1.53. The Morgan fingerprint density at radius 3 is 2.37 bits per heavy atom. The normalized spacial score (nSPS) is 17.4. The van der Waals surface area contributed by atoms with Gasteiger partial charge >= 0.3 is 42.6 Å². The molecule has 0 saturated heterocycles. The summed E-state index contributed by atoms with van der Waals surface area (Å²) in [6.45, 7) is 4.85. The number of halogens is 3. The summed E-state index contributed by atoms with van der Waals surface area (Å²) < 4.78 is 5.48. The monoisotopic (exact) mass is 358 g/mol. The summed E-state index contributed by atoms with van der Waals surface area (Å²) in [7, 11) is 14.9. The number of aromatic hydroxyl groups is 1. The number of benzene rings is 1. The maximum atomic E-state index is 9.63. The second-order valence-corrected chi connectivity index (χ2v) is 12.0. The van der Waals surface area contributed by atoms with Crippen molar-refractivity contribution in [2.24, 2.45) is 10.9 Å². The number of para-hydroxylation sites is 1. The zero-order valence-electron chi connectivity index (χ0n) is 10.6. The molecule has 2 rings (SSSR count). The summed E-state index contributed by atoms with van der Waals surface area (Å²) in [6, 6.07) is 7.32. The molecule has 0 aromatic heterocycles. The van der Waals surface area contributed by atoms with Crippen molar-refractivity contribution in [3.05, 3.63) is 29.8 Å². The van der Waals surface area contributed by atoms with Crippen molar-refractivity contribution in [2.45, 2.75) is 19.9 Å². The molecule has 0 aliphatic carbocycles. The van der Waals surface area contributed by atoms with E-state index in [1.807, 2.05) is 12.1 Å². The quantitative estimate of drug-likeness (QED) is 0.802. The van der Waals surface area contributed by atoms with Gasteiger partial charge in [-0.1, -0.05) is 26.0 Å². The van der Waals surface area contributed by atoms with Crippen LogP contribution in [0, 0.1) is 5.92 Å². The number of phenolic OH excluding ortho intramolecular Hbond substituents is 1. The first-order valence-electron chi connectivity index (χ1n) is 5.74. The first kappa shape index (κ1) is 17.1. The van der Waals surface area contributed by atoms with E-state index in [2.05, 4.69) is 18.8 Å². The van der Waals surface area contributed by atoms with E-state index in [0.29, 0.717) is 24.0 Å². The van der Waals surface area contributed by atoms with Crippen molar-refractivity contribution in [1.29, 1.82) is 0 Å². The van der Waals surface area contributed by atoms with E-state index in [1.54, 1.807) is 12.1 Å². The van der Waals surface area contributed by atoms with E-state index in [4.69, 9.17) is 32.7 Å². The molecule has 1 heterocycles. The predicted molar refractivity (Wildman–Crippen MR) is 76.8 cm³/mol. The van der Waals surface area contributed by atoms with Crippen molar-refractivity contribution in [2.75, 3.05) is 6.61 Å². The SMILES string of the molecule is CC(C)[C@H]1COC(c2ccccc2O)=N1.[Cl][Ti]([Cl])[Cl]. The molecule has 19 heavy (non-hydrogen) atoms. The van der Waals surface area contributed by atoms with Crippen LogP contribution in [0.2, 0.25) is 0 Å². The molecule has 0 unspecified atom stereocenters. The molecule has 1 aromatic carbocycles. The van der Waals surface area contributed by atoms with Crippen LogP contribution in [0.5, 0.6) is 5.75 Å². The molecular weight excluding hydrogens is 344 g/mol. The molecule has 0 spiro atoms. The topological polar surface area (TPSA) is 41.8 Å². The second-order valence-electron chi connectivity index (χ2n) is 4.29. The van der Waals surface area contributed by atoms with Crippen LogP contribution in [-0.4, -0.2) is 23.7 Å². The summed E-state index contributed by atoms with van der Waals surface area (Å²) in [5.41, 5.74) is 0.681. The van der Waals surface area contributed by atoms with Crippen LogP contribution in [0.25, 0.3) is 0 Å². The van der Waals surface area contributed by atoms with Gasteiger partial charge in [-0.25, -0.2) is 4.99 Å². The minimum absolute atomic E-state index is 0.208. The van der Waals surface area contributed by atoms with Gasteiger partial charge in [0, 0.05) is 0 Å². The zero-order chi connectivity index (χ0) is 14.4. The van der Waals surface area contributed by atoms with Gasteiger partial charge < -0.3 is 9.84 Å². The third kappa shape index (κ3) is 5.93. The molecule has 0 bridgehead atoms. The Bertz CT molecular complexity index is 438. The Hall–Kier alpha value is 0.0743. The van der Waals surface area contributed by atoms with Gasteiger partial charge in [-0.05, 0) is 18.1 Å². The third-order valence-corrected chi connectivity index (χ3v) is 2.58. The van der Waals surface area contributed by atoms with Crippen molar-refractivity contribution in [3.8, 4) is 5.75 Å². The van der Waals surface area contributed by atoms with E-state index in [1.165, 1.54) is 0 Å².